The monoisotopic (exact) mass is 354 g/mol. The normalized spacial score (nSPS) is 11.9. The highest BCUT2D eigenvalue weighted by Crippen LogP contribution is 2.33. The van der Waals surface area contributed by atoms with Gasteiger partial charge in [0.2, 0.25) is 0 Å². The van der Waals surface area contributed by atoms with Crippen molar-refractivity contribution >= 4 is 28.4 Å². The summed E-state index contributed by atoms with van der Waals surface area (Å²) in [6.07, 6.45) is -7.95. The number of hydrogen-bond acceptors (Lipinski definition) is 3. The summed E-state index contributed by atoms with van der Waals surface area (Å²) in [6, 6.07) is 0.530. The second-order valence-corrected chi connectivity index (χ2v) is 3.62. The van der Waals surface area contributed by atoms with Crippen LogP contribution >= 0.6 is 22.6 Å². The average molecular weight is 354 g/mol. The number of nitrogens with zero attached hydrogens (tertiary/aromatic N) is 1. The molecule has 0 aliphatic rings. The van der Waals surface area contributed by atoms with Crippen molar-refractivity contribution in [2.75, 3.05) is 5.73 Å². The Morgan fingerprint density at radius 1 is 1.38 bits per heavy atom. The molecule has 0 amide bonds. The molecular formula is C7H4F5IN2O. The van der Waals surface area contributed by atoms with Crippen LogP contribution in [0.4, 0.5) is 27.8 Å². The van der Waals surface area contributed by atoms with Gasteiger partial charge < -0.3 is 10.5 Å². The third-order valence-corrected chi connectivity index (χ3v) is 2.32. The molecule has 3 nitrogen and oxygen atoms in total. The van der Waals surface area contributed by atoms with Crippen LogP contribution in [-0.2, 0) is 0 Å². The number of halogens is 6. The Hall–Kier alpha value is -0.870. The third kappa shape index (κ3) is 3.32. The lowest BCUT2D eigenvalue weighted by Crippen LogP contribution is -2.19. The standard InChI is InChI=1S/C7H4F5IN2O/c8-4(9)2-1-3(16-7(10,11)12)6(14)15-5(2)13/h1,4H,(H2,14,15). The van der Waals surface area contributed by atoms with Gasteiger partial charge in [-0.3, -0.25) is 0 Å². The lowest BCUT2D eigenvalue weighted by atomic mass is 10.3. The van der Waals surface area contributed by atoms with Gasteiger partial charge in [-0.05, 0) is 28.7 Å². The van der Waals surface area contributed by atoms with E-state index in [0.717, 1.165) is 0 Å². The van der Waals surface area contributed by atoms with Crippen LogP contribution in [0, 0.1) is 3.70 Å². The second-order valence-electron chi connectivity index (χ2n) is 2.60. The number of hydrogen-bond donors (Lipinski definition) is 1. The number of anilines is 1. The summed E-state index contributed by atoms with van der Waals surface area (Å²) >= 11 is 1.45. The van der Waals surface area contributed by atoms with Crippen molar-refractivity contribution in [1.29, 1.82) is 0 Å². The predicted octanol–water partition coefficient (Wildman–Crippen LogP) is 3.10. The Morgan fingerprint density at radius 2 is 1.94 bits per heavy atom. The van der Waals surface area contributed by atoms with Crippen LogP contribution in [0.25, 0.3) is 0 Å². The SMILES string of the molecule is Nc1nc(I)c(C(F)F)cc1OC(F)(F)F. The van der Waals surface area contributed by atoms with Gasteiger partial charge in [-0.25, -0.2) is 13.8 Å². The van der Waals surface area contributed by atoms with Crippen LogP contribution in [0.3, 0.4) is 0 Å². The lowest BCUT2D eigenvalue weighted by molar-refractivity contribution is -0.274. The molecule has 0 atom stereocenters. The zero-order chi connectivity index (χ0) is 12.5. The van der Waals surface area contributed by atoms with Gasteiger partial charge in [-0.15, -0.1) is 13.2 Å². The van der Waals surface area contributed by atoms with Crippen molar-refractivity contribution in [2.24, 2.45) is 0 Å². The third-order valence-electron chi connectivity index (χ3n) is 1.46. The van der Waals surface area contributed by atoms with Crippen molar-refractivity contribution in [3.8, 4) is 5.75 Å². The molecule has 1 aromatic rings. The number of rotatable bonds is 2. The molecule has 90 valence electrons. The van der Waals surface area contributed by atoms with E-state index in [0.29, 0.717) is 6.07 Å². The van der Waals surface area contributed by atoms with Crippen LogP contribution in [0.1, 0.15) is 12.0 Å². The molecule has 0 bridgehead atoms. The molecule has 0 radical (unpaired) electrons. The summed E-state index contributed by atoms with van der Waals surface area (Å²) in [5.41, 5.74) is 4.45. The first-order valence-electron chi connectivity index (χ1n) is 3.70. The number of nitrogens with two attached hydrogens (primary N) is 1. The smallest absolute Gasteiger partial charge is 0.402 e. The fraction of sp³-hybridized carbons (Fsp3) is 0.286. The predicted molar refractivity (Wildman–Crippen MR) is 53.0 cm³/mol. The Morgan fingerprint density at radius 3 is 2.38 bits per heavy atom. The van der Waals surface area contributed by atoms with Crippen molar-refractivity contribution in [1.82, 2.24) is 4.98 Å². The van der Waals surface area contributed by atoms with E-state index >= 15 is 0 Å². The van der Waals surface area contributed by atoms with Crippen molar-refractivity contribution < 1.29 is 26.7 Å². The molecule has 1 rings (SSSR count). The molecule has 1 heterocycles. The zero-order valence-electron chi connectivity index (χ0n) is 7.36. The Bertz CT molecular complexity index is 395. The fourth-order valence-electron chi connectivity index (χ4n) is 0.860. The molecular weight excluding hydrogens is 350 g/mol. The minimum atomic E-state index is -5.00. The number of nitrogen functional groups attached to an aromatic ring is 1. The van der Waals surface area contributed by atoms with Crippen molar-refractivity contribution in [3.63, 3.8) is 0 Å². The van der Waals surface area contributed by atoms with Crippen LogP contribution in [-0.4, -0.2) is 11.3 Å². The molecule has 0 aromatic carbocycles. The van der Waals surface area contributed by atoms with Crippen LogP contribution in [0.2, 0.25) is 0 Å². The Balaban J connectivity index is 3.15. The highest BCUT2D eigenvalue weighted by atomic mass is 127. The molecule has 0 fully saturated rings. The Kier molecular flexibility index (Phi) is 3.76. The minimum Gasteiger partial charge on any atom is -0.402 e. The van der Waals surface area contributed by atoms with Gasteiger partial charge in [-0.1, -0.05) is 0 Å². The fourth-order valence-corrected chi connectivity index (χ4v) is 1.51. The van der Waals surface area contributed by atoms with Gasteiger partial charge in [0.25, 0.3) is 6.43 Å². The number of aromatic nitrogens is 1. The molecule has 9 heteroatoms. The Labute approximate surface area is 99.9 Å². The molecule has 0 aliphatic carbocycles. The van der Waals surface area contributed by atoms with Gasteiger partial charge >= 0.3 is 6.36 Å². The largest absolute Gasteiger partial charge is 0.573 e. The van der Waals surface area contributed by atoms with Crippen LogP contribution in [0.15, 0.2) is 6.07 Å². The number of ether oxygens (including phenoxy) is 1. The first-order chi connectivity index (χ1) is 7.20. The quantitative estimate of drug-likeness (QED) is 0.505. The van der Waals surface area contributed by atoms with E-state index in [1.54, 1.807) is 0 Å². The molecule has 0 saturated carbocycles. The maximum atomic E-state index is 12.4. The molecule has 0 unspecified atom stereocenters. The van der Waals surface area contributed by atoms with Crippen LogP contribution < -0.4 is 10.5 Å². The summed E-state index contributed by atoms with van der Waals surface area (Å²) in [5.74, 6) is -1.52. The molecule has 2 N–H and O–H groups in total. The van der Waals surface area contributed by atoms with E-state index in [1.807, 2.05) is 0 Å². The molecule has 0 saturated heterocycles. The topological polar surface area (TPSA) is 48.1 Å². The molecule has 16 heavy (non-hydrogen) atoms. The summed E-state index contributed by atoms with van der Waals surface area (Å²) in [6.45, 7) is 0. The van der Waals surface area contributed by atoms with E-state index in [4.69, 9.17) is 5.73 Å². The number of alkyl halides is 5. The van der Waals surface area contributed by atoms with E-state index in [-0.39, 0.29) is 3.70 Å². The van der Waals surface area contributed by atoms with Gasteiger partial charge in [0, 0.05) is 0 Å². The molecule has 0 aliphatic heterocycles. The maximum Gasteiger partial charge on any atom is 0.573 e. The lowest BCUT2D eigenvalue weighted by Gasteiger charge is -2.12. The van der Waals surface area contributed by atoms with Gasteiger partial charge in [0.1, 0.15) is 3.70 Å². The molecule has 0 spiro atoms. The number of pyridine rings is 1. The van der Waals surface area contributed by atoms with E-state index in [9.17, 15) is 22.0 Å². The van der Waals surface area contributed by atoms with E-state index in [2.05, 4.69) is 9.72 Å². The first kappa shape index (κ1) is 13.2. The second kappa shape index (κ2) is 4.55. The maximum absolute atomic E-state index is 12.4. The summed E-state index contributed by atoms with van der Waals surface area (Å²) in [4.78, 5) is 3.34. The average Bonchev–Trinajstić information content (AvgIpc) is 2.07. The highest BCUT2D eigenvalue weighted by Gasteiger charge is 2.33. The zero-order valence-corrected chi connectivity index (χ0v) is 9.51. The van der Waals surface area contributed by atoms with E-state index in [1.165, 1.54) is 22.6 Å². The first-order valence-corrected chi connectivity index (χ1v) is 4.78. The highest BCUT2D eigenvalue weighted by molar-refractivity contribution is 14.1. The van der Waals surface area contributed by atoms with Gasteiger partial charge in [0.05, 0.1) is 5.56 Å². The van der Waals surface area contributed by atoms with Crippen molar-refractivity contribution in [3.05, 3.63) is 15.3 Å². The minimum absolute atomic E-state index is 0.167. The van der Waals surface area contributed by atoms with E-state index < -0.39 is 29.9 Å². The van der Waals surface area contributed by atoms with Gasteiger partial charge in [-0.2, -0.15) is 0 Å². The summed E-state index contributed by atoms with van der Waals surface area (Å²) in [7, 11) is 0. The van der Waals surface area contributed by atoms with Gasteiger partial charge in [0.15, 0.2) is 11.6 Å². The summed E-state index contributed by atoms with van der Waals surface area (Å²) in [5, 5.41) is 0. The van der Waals surface area contributed by atoms with Crippen molar-refractivity contribution in [2.45, 2.75) is 12.8 Å². The molecule has 1 aromatic heterocycles. The summed E-state index contributed by atoms with van der Waals surface area (Å²) < 4.78 is 63.6. The van der Waals surface area contributed by atoms with Crippen LogP contribution in [0.5, 0.6) is 5.75 Å².